The summed E-state index contributed by atoms with van der Waals surface area (Å²) in [6, 6.07) is 8.59. The molecule has 2 aromatic rings. The van der Waals surface area contributed by atoms with E-state index >= 15 is 0 Å². The number of benzene rings is 1. The number of hydrogen-bond donors (Lipinski definition) is 3. The van der Waals surface area contributed by atoms with Crippen LogP contribution in [-0.2, 0) is 38.2 Å². The van der Waals surface area contributed by atoms with Gasteiger partial charge in [0.05, 0.1) is 44.2 Å². The Morgan fingerprint density at radius 1 is 1.06 bits per heavy atom. The largest absolute Gasteiger partial charge is 0.465 e. The minimum atomic E-state index is -1.16. The maximum Gasteiger partial charge on any atom is 0.343 e. The second kappa shape index (κ2) is 19.4. The number of rotatable bonds is 18. The Labute approximate surface area is 293 Å². The summed E-state index contributed by atoms with van der Waals surface area (Å²) in [5.74, 6) is -5.68. The van der Waals surface area contributed by atoms with E-state index in [-0.39, 0.29) is 31.2 Å². The van der Waals surface area contributed by atoms with E-state index in [1.54, 1.807) is 25.1 Å². The number of likely N-dealkylation sites (N-methyl/N-ethyl adjacent to an activating group) is 1. The van der Waals surface area contributed by atoms with Crippen LogP contribution in [0.2, 0.25) is 0 Å². The van der Waals surface area contributed by atoms with Crippen LogP contribution in [0.5, 0.6) is 0 Å². The molecule has 3 N–H and O–H groups in total. The van der Waals surface area contributed by atoms with Crippen LogP contribution in [0, 0.1) is 17.2 Å². The summed E-state index contributed by atoms with van der Waals surface area (Å²) in [6.07, 6.45) is 2.21. The van der Waals surface area contributed by atoms with Crippen molar-refractivity contribution in [2.24, 2.45) is 5.92 Å². The highest BCUT2D eigenvalue weighted by atomic mass is 16.5. The molecule has 1 fully saturated rings. The van der Waals surface area contributed by atoms with Gasteiger partial charge < -0.3 is 44.3 Å². The molecule has 3 rings (SSSR count). The predicted molar refractivity (Wildman–Crippen MR) is 182 cm³/mol. The molecule has 17 nitrogen and oxygen atoms in total. The zero-order valence-electron chi connectivity index (χ0n) is 28.8. The van der Waals surface area contributed by atoms with Crippen molar-refractivity contribution in [1.82, 2.24) is 20.4 Å². The van der Waals surface area contributed by atoms with Gasteiger partial charge in [-0.05, 0) is 37.1 Å². The Hall–Kier alpha value is -5.76. The zero-order chi connectivity index (χ0) is 37.5. The fourth-order valence-corrected chi connectivity index (χ4v) is 4.53. The molecule has 2 heterocycles. The highest BCUT2D eigenvalue weighted by Crippen LogP contribution is 2.25. The average molecular weight is 711 g/mol. The number of carbonyl (C=O) groups excluding carboxylic acids is 6. The first-order valence-electron chi connectivity index (χ1n) is 16.3. The van der Waals surface area contributed by atoms with E-state index in [9.17, 15) is 43.9 Å². The van der Waals surface area contributed by atoms with Crippen molar-refractivity contribution in [2.45, 2.75) is 26.2 Å². The molecule has 1 unspecified atom stereocenters. The molecule has 0 saturated carbocycles. The lowest BCUT2D eigenvalue weighted by atomic mass is 10.1. The van der Waals surface area contributed by atoms with Crippen LogP contribution >= 0.6 is 0 Å². The monoisotopic (exact) mass is 710 g/mol. The first-order valence-corrected chi connectivity index (χ1v) is 16.3. The topological polar surface area (TPSA) is 229 Å². The van der Waals surface area contributed by atoms with Crippen LogP contribution in [0.3, 0.4) is 0 Å². The van der Waals surface area contributed by atoms with E-state index in [0.717, 1.165) is 36.2 Å². The van der Waals surface area contributed by atoms with Crippen molar-refractivity contribution >= 4 is 58.3 Å². The molecule has 1 aromatic heterocycles. The number of carbonyl (C=O) groups is 6. The summed E-state index contributed by atoms with van der Waals surface area (Å²) in [5, 5.41) is 24.4. The molecule has 0 radical (unpaired) electrons. The van der Waals surface area contributed by atoms with Gasteiger partial charge in [-0.2, -0.15) is 5.26 Å². The Bertz CT molecular complexity index is 1740. The second-order valence-corrected chi connectivity index (χ2v) is 11.8. The van der Waals surface area contributed by atoms with E-state index in [1.165, 1.54) is 25.1 Å². The van der Waals surface area contributed by atoms with Gasteiger partial charge in [-0.25, -0.2) is 4.79 Å². The number of nitrogens with zero attached hydrogens (tertiary/aromatic N) is 4. The zero-order valence-corrected chi connectivity index (χ0v) is 28.8. The Balaban J connectivity index is 1.61. The number of ether oxygens (including phenoxy) is 2. The van der Waals surface area contributed by atoms with Crippen LogP contribution in [-0.4, -0.2) is 124 Å². The van der Waals surface area contributed by atoms with Crippen LogP contribution in [0.15, 0.2) is 39.1 Å². The third-order valence-electron chi connectivity index (χ3n) is 7.71. The minimum absolute atomic E-state index is 0.0565. The van der Waals surface area contributed by atoms with Gasteiger partial charge >= 0.3 is 17.6 Å². The molecular weight excluding hydrogens is 668 g/mol. The molecule has 0 aliphatic carbocycles. The third-order valence-corrected chi connectivity index (χ3v) is 7.71. The normalized spacial score (nSPS) is 12.9. The van der Waals surface area contributed by atoms with Gasteiger partial charge in [0.2, 0.25) is 17.7 Å². The molecule has 1 aliphatic heterocycles. The number of anilines is 1. The minimum Gasteiger partial charge on any atom is -0.465 e. The van der Waals surface area contributed by atoms with Crippen molar-refractivity contribution in [1.29, 1.82) is 5.26 Å². The molecule has 17 heteroatoms. The SMILES string of the molecule is CCCOC(=O)CN(CCC(=O)OCC(CO)C(=O)NCC(=O)N(C)C)C(=O)CNC(=O)/C(C#N)=C/c1cc2ccc(N3CCC3)cc2oc1=O. The number of aliphatic hydroxyl groups excluding tert-OH is 1. The average Bonchev–Trinajstić information content (AvgIpc) is 3.08. The van der Waals surface area contributed by atoms with Crippen molar-refractivity contribution in [3.05, 3.63) is 45.8 Å². The summed E-state index contributed by atoms with van der Waals surface area (Å²) >= 11 is 0. The predicted octanol–water partition coefficient (Wildman–Crippen LogP) is -0.446. The molecule has 1 aromatic carbocycles. The molecule has 274 valence electrons. The Morgan fingerprint density at radius 3 is 2.41 bits per heavy atom. The Morgan fingerprint density at radius 2 is 1.78 bits per heavy atom. The molecule has 0 spiro atoms. The maximum atomic E-state index is 13.1. The summed E-state index contributed by atoms with van der Waals surface area (Å²) < 4.78 is 15.6. The quantitative estimate of drug-likeness (QED) is 0.0772. The number of fused-ring (bicyclic) bond motifs is 1. The van der Waals surface area contributed by atoms with Crippen LogP contribution < -0.4 is 21.2 Å². The van der Waals surface area contributed by atoms with E-state index in [1.807, 2.05) is 6.07 Å². The lowest BCUT2D eigenvalue weighted by molar-refractivity contribution is -0.152. The lowest BCUT2D eigenvalue weighted by Gasteiger charge is -2.33. The highest BCUT2D eigenvalue weighted by Gasteiger charge is 2.24. The van der Waals surface area contributed by atoms with Crippen LogP contribution in [0.4, 0.5) is 5.69 Å². The van der Waals surface area contributed by atoms with E-state index < -0.39 is 79.5 Å². The number of amides is 4. The summed E-state index contributed by atoms with van der Waals surface area (Å²) in [4.78, 5) is 91.7. The van der Waals surface area contributed by atoms with E-state index in [2.05, 4.69) is 15.5 Å². The molecule has 51 heavy (non-hydrogen) atoms. The van der Waals surface area contributed by atoms with Gasteiger partial charge in [0.15, 0.2) is 0 Å². The second-order valence-electron chi connectivity index (χ2n) is 11.8. The molecule has 1 aliphatic rings. The number of nitriles is 1. The fourth-order valence-electron chi connectivity index (χ4n) is 4.53. The summed E-state index contributed by atoms with van der Waals surface area (Å²) in [7, 11) is 3.01. The van der Waals surface area contributed by atoms with Gasteiger partial charge in [-0.1, -0.05) is 6.92 Å². The third kappa shape index (κ3) is 12.0. The maximum absolute atomic E-state index is 13.1. The standard InChI is InChI=1S/C34H42N6O11/c1-4-12-49-31(45)19-40(11-8-30(44)50-21-25(20-41)33(47)36-17-28(42)38(2)3)29(43)18-37-32(46)24(16-35)14-23-13-22-6-7-26(39-9-5-10-39)15-27(22)51-34(23)48/h6-7,13-15,25,41H,4-5,8-12,17-21H2,1-3H3,(H,36,47)(H,37,46)/b24-14+. The van der Waals surface area contributed by atoms with Crippen molar-refractivity contribution < 1.29 is 47.8 Å². The van der Waals surface area contributed by atoms with Crippen LogP contribution in [0.1, 0.15) is 31.7 Å². The first kappa shape index (κ1) is 39.7. The van der Waals surface area contributed by atoms with Gasteiger partial charge in [0.1, 0.15) is 30.4 Å². The summed E-state index contributed by atoms with van der Waals surface area (Å²) in [5.41, 5.74) is -0.0497. The first-order chi connectivity index (χ1) is 24.4. The van der Waals surface area contributed by atoms with Gasteiger partial charge in [-0.3, -0.25) is 28.8 Å². The van der Waals surface area contributed by atoms with Crippen molar-refractivity contribution in [3.63, 3.8) is 0 Å². The summed E-state index contributed by atoms with van der Waals surface area (Å²) in [6.45, 7) is 0.568. The molecule has 0 bridgehead atoms. The lowest BCUT2D eigenvalue weighted by Crippen LogP contribution is -2.44. The number of nitrogens with one attached hydrogen (secondary N) is 2. The smallest absolute Gasteiger partial charge is 0.343 e. The molecule has 4 amide bonds. The fraction of sp³-hybridized carbons (Fsp3) is 0.471. The van der Waals surface area contributed by atoms with Gasteiger partial charge in [-0.15, -0.1) is 0 Å². The van der Waals surface area contributed by atoms with E-state index in [4.69, 9.17) is 13.9 Å². The number of aliphatic hydroxyl groups is 1. The highest BCUT2D eigenvalue weighted by molar-refractivity contribution is 6.03. The van der Waals surface area contributed by atoms with E-state index in [0.29, 0.717) is 17.4 Å². The number of esters is 2. The van der Waals surface area contributed by atoms with Gasteiger partial charge in [0.25, 0.3) is 5.91 Å². The molecule has 1 atom stereocenters. The molecule has 1 saturated heterocycles. The van der Waals surface area contributed by atoms with Crippen molar-refractivity contribution in [3.8, 4) is 6.07 Å². The molecular formula is C34H42N6O11. The van der Waals surface area contributed by atoms with Crippen molar-refractivity contribution in [2.75, 3.05) is 78.1 Å². The Kier molecular flexibility index (Phi) is 15.1. The number of hydrogen-bond acceptors (Lipinski definition) is 13. The van der Waals surface area contributed by atoms with Gasteiger partial charge in [0, 0.05) is 50.9 Å². The van der Waals surface area contributed by atoms with Crippen LogP contribution in [0.25, 0.3) is 17.0 Å².